The number of hydrogen-bond acceptors (Lipinski definition) is 3. The molecule has 0 fully saturated rings. The van der Waals surface area contributed by atoms with Crippen LogP contribution in [0.3, 0.4) is 0 Å². The largest absolute Gasteiger partial charge is 0.427 e. The van der Waals surface area contributed by atoms with Gasteiger partial charge in [-0.3, -0.25) is 9.59 Å². The quantitative estimate of drug-likeness (QED) is 0.308. The third-order valence-electron chi connectivity index (χ3n) is 1.44. The fourth-order valence-corrected chi connectivity index (χ4v) is 0.792. The molecule has 0 bridgehead atoms. The summed E-state index contributed by atoms with van der Waals surface area (Å²) in [6, 6.07) is 0. The number of rotatable bonds is 4. The van der Waals surface area contributed by atoms with Crippen LogP contribution in [0.25, 0.3) is 0 Å². The van der Waals surface area contributed by atoms with Crippen LogP contribution in [0.5, 0.6) is 0 Å². The third kappa shape index (κ3) is 7.43. The Hall–Kier alpha value is -1.64. The van der Waals surface area contributed by atoms with Crippen LogP contribution in [0.15, 0.2) is 35.6 Å². The minimum Gasteiger partial charge on any atom is -0.427 e. The molecule has 82 valence electrons. The van der Waals surface area contributed by atoms with Gasteiger partial charge in [0.05, 0.1) is 0 Å². The molecule has 0 spiro atoms. The monoisotopic (exact) mass is 208 g/mol. The molecular formula is C12H16O3. The van der Waals surface area contributed by atoms with Gasteiger partial charge in [-0.1, -0.05) is 12.2 Å². The Morgan fingerprint density at radius 3 is 1.87 bits per heavy atom. The van der Waals surface area contributed by atoms with Crippen molar-refractivity contribution in [2.24, 2.45) is 0 Å². The Balaban J connectivity index is 4.51. The number of esters is 1. The molecule has 0 aliphatic heterocycles. The van der Waals surface area contributed by atoms with E-state index in [2.05, 4.69) is 0 Å². The average molecular weight is 208 g/mol. The molecule has 0 aromatic rings. The van der Waals surface area contributed by atoms with Gasteiger partial charge in [0.2, 0.25) is 0 Å². The molecule has 0 amide bonds. The average Bonchev–Trinajstić information content (AvgIpc) is 2.08. The maximum absolute atomic E-state index is 10.7. The number of ketones is 1. The first-order chi connectivity index (χ1) is 6.93. The molecule has 0 aromatic carbocycles. The molecular weight excluding hydrogens is 192 g/mol. The van der Waals surface area contributed by atoms with E-state index in [1.807, 2.05) is 13.8 Å². The Morgan fingerprint density at radius 1 is 0.933 bits per heavy atom. The number of allylic oxidation sites excluding steroid dienone is 5. The molecule has 0 atom stereocenters. The summed E-state index contributed by atoms with van der Waals surface area (Å²) >= 11 is 0. The smallest absolute Gasteiger partial charge is 0.308 e. The number of ether oxygens (including phenoxy) is 1. The number of carbonyl (C=O) groups excluding carboxylic acids is 2. The highest BCUT2D eigenvalue weighted by molar-refractivity contribution is 5.87. The Morgan fingerprint density at radius 2 is 1.47 bits per heavy atom. The zero-order chi connectivity index (χ0) is 11.8. The van der Waals surface area contributed by atoms with Crippen molar-refractivity contribution in [3.05, 3.63) is 35.6 Å². The second kappa shape index (κ2) is 6.76. The predicted molar refractivity (Wildman–Crippen MR) is 59.1 cm³/mol. The second-order valence-electron chi connectivity index (χ2n) is 3.29. The minimum atomic E-state index is -0.355. The fraction of sp³-hybridized carbons (Fsp3) is 0.333. The summed E-state index contributed by atoms with van der Waals surface area (Å²) in [5, 5.41) is 0. The van der Waals surface area contributed by atoms with E-state index in [1.165, 1.54) is 19.9 Å². The van der Waals surface area contributed by atoms with Crippen LogP contribution >= 0.6 is 0 Å². The molecule has 0 aromatic heterocycles. The van der Waals surface area contributed by atoms with Gasteiger partial charge >= 0.3 is 5.97 Å². The van der Waals surface area contributed by atoms with E-state index >= 15 is 0 Å². The first-order valence-electron chi connectivity index (χ1n) is 4.64. The molecule has 0 saturated heterocycles. The zero-order valence-electron chi connectivity index (χ0n) is 9.53. The van der Waals surface area contributed by atoms with E-state index in [1.54, 1.807) is 18.2 Å². The van der Waals surface area contributed by atoms with E-state index in [-0.39, 0.29) is 11.8 Å². The molecule has 15 heavy (non-hydrogen) atoms. The molecule has 0 unspecified atom stereocenters. The Labute approximate surface area is 90.1 Å². The highest BCUT2D eigenvalue weighted by Gasteiger charge is 1.99. The van der Waals surface area contributed by atoms with Crippen LogP contribution in [0.4, 0.5) is 0 Å². The maximum Gasteiger partial charge on any atom is 0.308 e. The van der Waals surface area contributed by atoms with Crippen LogP contribution in [-0.2, 0) is 14.3 Å². The summed E-state index contributed by atoms with van der Waals surface area (Å²) in [6.45, 7) is 6.51. The van der Waals surface area contributed by atoms with Gasteiger partial charge in [-0.25, -0.2) is 0 Å². The van der Waals surface area contributed by atoms with Crippen LogP contribution < -0.4 is 0 Å². The lowest BCUT2D eigenvalue weighted by Gasteiger charge is -2.03. The van der Waals surface area contributed by atoms with Crippen molar-refractivity contribution in [3.8, 4) is 0 Å². The van der Waals surface area contributed by atoms with Crippen molar-refractivity contribution in [2.75, 3.05) is 0 Å². The Kier molecular flexibility index (Phi) is 6.02. The van der Waals surface area contributed by atoms with Crippen LogP contribution in [0.1, 0.15) is 27.7 Å². The lowest BCUT2D eigenvalue weighted by Crippen LogP contribution is -1.98. The van der Waals surface area contributed by atoms with Crippen LogP contribution in [0, 0.1) is 0 Å². The normalized spacial score (nSPS) is 10.7. The molecule has 0 radical (unpaired) electrons. The molecule has 0 N–H and O–H groups in total. The summed E-state index contributed by atoms with van der Waals surface area (Å²) in [5.74, 6) is 0.132. The van der Waals surface area contributed by atoms with Gasteiger partial charge in [0, 0.05) is 6.92 Å². The van der Waals surface area contributed by atoms with E-state index in [0.29, 0.717) is 5.76 Å². The third-order valence-corrected chi connectivity index (χ3v) is 1.44. The number of hydrogen-bond donors (Lipinski definition) is 0. The maximum atomic E-state index is 10.7. The lowest BCUT2D eigenvalue weighted by atomic mass is 10.2. The second-order valence-corrected chi connectivity index (χ2v) is 3.29. The molecule has 3 nitrogen and oxygen atoms in total. The standard InChI is InChI=1S/C12H16O3/c1-9(2)12(15-11(4)14)8-6-5-7-10(3)13/h5-8H,1-4H3/b7-5+,8-6+. The van der Waals surface area contributed by atoms with Crippen molar-refractivity contribution >= 4 is 11.8 Å². The van der Waals surface area contributed by atoms with Crippen molar-refractivity contribution in [2.45, 2.75) is 27.7 Å². The first-order valence-corrected chi connectivity index (χ1v) is 4.64. The molecule has 0 aliphatic carbocycles. The summed E-state index contributed by atoms with van der Waals surface area (Å²) < 4.78 is 4.95. The molecule has 3 heteroatoms. The van der Waals surface area contributed by atoms with Gasteiger partial charge < -0.3 is 4.74 Å². The molecule has 0 saturated carbocycles. The lowest BCUT2D eigenvalue weighted by molar-refractivity contribution is -0.136. The summed E-state index contributed by atoms with van der Waals surface area (Å²) in [7, 11) is 0. The molecule has 0 rings (SSSR count). The van der Waals surface area contributed by atoms with Gasteiger partial charge in [0.25, 0.3) is 0 Å². The zero-order valence-corrected chi connectivity index (χ0v) is 9.53. The van der Waals surface area contributed by atoms with E-state index < -0.39 is 0 Å². The number of carbonyl (C=O) groups is 2. The van der Waals surface area contributed by atoms with E-state index in [4.69, 9.17) is 4.74 Å². The van der Waals surface area contributed by atoms with E-state index in [0.717, 1.165) is 5.57 Å². The molecule has 0 heterocycles. The van der Waals surface area contributed by atoms with Crippen molar-refractivity contribution in [1.29, 1.82) is 0 Å². The van der Waals surface area contributed by atoms with Crippen molar-refractivity contribution < 1.29 is 14.3 Å². The summed E-state index contributed by atoms with van der Waals surface area (Å²) in [4.78, 5) is 21.3. The Bertz CT molecular complexity index is 329. The highest BCUT2D eigenvalue weighted by Crippen LogP contribution is 2.07. The van der Waals surface area contributed by atoms with Crippen LogP contribution in [0.2, 0.25) is 0 Å². The minimum absolute atomic E-state index is 0.0223. The van der Waals surface area contributed by atoms with Crippen molar-refractivity contribution in [1.82, 2.24) is 0 Å². The highest BCUT2D eigenvalue weighted by atomic mass is 16.5. The van der Waals surface area contributed by atoms with Gasteiger partial charge in [-0.05, 0) is 38.5 Å². The van der Waals surface area contributed by atoms with E-state index in [9.17, 15) is 9.59 Å². The van der Waals surface area contributed by atoms with Gasteiger partial charge in [0.15, 0.2) is 5.78 Å². The van der Waals surface area contributed by atoms with Crippen molar-refractivity contribution in [3.63, 3.8) is 0 Å². The first kappa shape index (κ1) is 13.4. The van der Waals surface area contributed by atoms with Crippen LogP contribution in [-0.4, -0.2) is 11.8 Å². The van der Waals surface area contributed by atoms with Gasteiger partial charge in [-0.15, -0.1) is 0 Å². The van der Waals surface area contributed by atoms with Gasteiger partial charge in [-0.2, -0.15) is 0 Å². The summed E-state index contributed by atoms with van der Waals surface area (Å²) in [5.41, 5.74) is 0.901. The molecule has 0 aliphatic rings. The SMILES string of the molecule is CC(=O)/C=C/C=C/C(OC(C)=O)=C(C)C. The van der Waals surface area contributed by atoms with Gasteiger partial charge in [0.1, 0.15) is 5.76 Å². The topological polar surface area (TPSA) is 43.4 Å². The summed E-state index contributed by atoms with van der Waals surface area (Å²) in [6.07, 6.45) is 6.35. The predicted octanol–water partition coefficient (Wildman–Crippen LogP) is 2.54. The fourth-order valence-electron chi connectivity index (χ4n) is 0.792.